The van der Waals surface area contributed by atoms with Crippen LogP contribution in [0.25, 0.3) is 23.1 Å². The third-order valence-electron chi connectivity index (χ3n) is 5.71. The molecule has 1 amide bonds. The van der Waals surface area contributed by atoms with E-state index in [1.807, 2.05) is 60.7 Å². The second-order valence-corrected chi connectivity index (χ2v) is 10.4. The molecule has 172 valence electrons. The number of pyridine rings is 1. The molecular formula is C25H23N5O3S. The molecule has 1 atom stereocenters. The number of benzene rings is 2. The maximum absolute atomic E-state index is 12.9. The minimum Gasteiger partial charge on any atom is -0.355 e. The highest BCUT2D eigenvalue weighted by Gasteiger charge is 2.29. The van der Waals surface area contributed by atoms with Gasteiger partial charge in [-0.25, -0.2) is 8.42 Å². The predicted molar refractivity (Wildman–Crippen MR) is 134 cm³/mol. The lowest BCUT2D eigenvalue weighted by Crippen LogP contribution is -2.35. The van der Waals surface area contributed by atoms with Gasteiger partial charge in [-0.2, -0.15) is 5.10 Å². The number of amides is 1. The Hall–Kier alpha value is -3.98. The molecule has 1 aliphatic rings. The van der Waals surface area contributed by atoms with E-state index in [1.54, 1.807) is 18.3 Å². The maximum atomic E-state index is 12.9. The SMILES string of the molecule is O=C(NC1CCS(=O)(=O)C1)c1ccccc1Nc1ccc2c(/C=C/c3ccccn3)n[nH]c2c1. The zero-order valence-corrected chi connectivity index (χ0v) is 19.0. The van der Waals surface area contributed by atoms with Gasteiger partial charge in [0.25, 0.3) is 5.91 Å². The van der Waals surface area contributed by atoms with Crippen LogP contribution in [0.5, 0.6) is 0 Å². The Kier molecular flexibility index (Phi) is 5.85. The fraction of sp³-hybridized carbons (Fsp3) is 0.160. The van der Waals surface area contributed by atoms with Gasteiger partial charge in [-0.05, 0) is 61.0 Å². The van der Waals surface area contributed by atoms with E-state index >= 15 is 0 Å². The molecule has 3 heterocycles. The molecule has 2 aromatic heterocycles. The van der Waals surface area contributed by atoms with Crippen LogP contribution >= 0.6 is 0 Å². The molecule has 1 saturated heterocycles. The topological polar surface area (TPSA) is 117 Å². The lowest BCUT2D eigenvalue weighted by Gasteiger charge is -2.15. The van der Waals surface area contributed by atoms with Gasteiger partial charge in [-0.1, -0.05) is 18.2 Å². The number of sulfone groups is 1. The zero-order chi connectivity index (χ0) is 23.5. The number of hydrogen-bond acceptors (Lipinski definition) is 6. The Morgan fingerprint density at radius 3 is 2.71 bits per heavy atom. The average molecular weight is 474 g/mol. The second-order valence-electron chi connectivity index (χ2n) is 8.20. The number of para-hydroxylation sites is 1. The normalized spacial score (nSPS) is 17.2. The van der Waals surface area contributed by atoms with Crippen molar-refractivity contribution in [2.45, 2.75) is 12.5 Å². The lowest BCUT2D eigenvalue weighted by atomic mass is 10.1. The number of carbonyl (C=O) groups is 1. The molecule has 1 unspecified atom stereocenters. The van der Waals surface area contributed by atoms with Gasteiger partial charge in [0.15, 0.2) is 9.84 Å². The van der Waals surface area contributed by atoms with E-state index in [0.717, 1.165) is 28.0 Å². The van der Waals surface area contributed by atoms with Gasteiger partial charge in [0.05, 0.1) is 39.7 Å². The van der Waals surface area contributed by atoms with E-state index in [9.17, 15) is 13.2 Å². The largest absolute Gasteiger partial charge is 0.355 e. The molecule has 8 nitrogen and oxygen atoms in total. The fourth-order valence-corrected chi connectivity index (χ4v) is 5.68. The molecule has 0 aliphatic carbocycles. The van der Waals surface area contributed by atoms with Crippen LogP contribution in [0.3, 0.4) is 0 Å². The summed E-state index contributed by atoms with van der Waals surface area (Å²) in [5, 5.41) is 14.6. The minimum absolute atomic E-state index is 0.0120. The van der Waals surface area contributed by atoms with Crippen molar-refractivity contribution in [3.8, 4) is 0 Å². The van der Waals surface area contributed by atoms with Crippen LogP contribution in [0.4, 0.5) is 11.4 Å². The van der Waals surface area contributed by atoms with Gasteiger partial charge in [0, 0.05) is 23.3 Å². The van der Waals surface area contributed by atoms with E-state index in [2.05, 4.69) is 25.8 Å². The quantitative estimate of drug-likeness (QED) is 0.392. The molecule has 0 bridgehead atoms. The van der Waals surface area contributed by atoms with Crippen molar-refractivity contribution < 1.29 is 13.2 Å². The molecule has 9 heteroatoms. The average Bonchev–Trinajstić information content (AvgIpc) is 3.40. The first-order valence-corrected chi connectivity index (χ1v) is 12.7. The third kappa shape index (κ3) is 4.84. The Bertz CT molecular complexity index is 1480. The van der Waals surface area contributed by atoms with Crippen molar-refractivity contribution >= 4 is 50.2 Å². The monoisotopic (exact) mass is 473 g/mol. The number of anilines is 2. The van der Waals surface area contributed by atoms with Crippen LogP contribution < -0.4 is 10.6 Å². The summed E-state index contributed by atoms with van der Waals surface area (Å²) in [6.45, 7) is 0. The summed E-state index contributed by atoms with van der Waals surface area (Å²) in [6.07, 6.45) is 6.01. The number of hydrogen-bond donors (Lipinski definition) is 3. The third-order valence-corrected chi connectivity index (χ3v) is 7.48. The molecule has 1 aliphatic heterocycles. The molecule has 5 rings (SSSR count). The first-order chi connectivity index (χ1) is 16.5. The van der Waals surface area contributed by atoms with Gasteiger partial charge in [0.2, 0.25) is 0 Å². The standard InChI is InChI=1S/C25H23N5O3S/c31-25(28-19-12-14-34(32,33)16-19)21-6-1-2-7-22(21)27-18-8-10-20-23(29-30-24(20)15-18)11-9-17-5-3-4-13-26-17/h1-11,13,15,19,27H,12,14,16H2,(H,28,31)(H,29,30)/b11-9+. The number of rotatable bonds is 6. The van der Waals surface area contributed by atoms with Crippen molar-refractivity contribution in [1.82, 2.24) is 20.5 Å². The number of carbonyl (C=O) groups excluding carboxylic acids is 1. The Labute approximate surface area is 197 Å². The zero-order valence-electron chi connectivity index (χ0n) is 18.2. The molecule has 3 N–H and O–H groups in total. The highest BCUT2D eigenvalue weighted by molar-refractivity contribution is 7.91. The molecule has 2 aromatic carbocycles. The summed E-state index contributed by atoms with van der Waals surface area (Å²) >= 11 is 0. The molecule has 0 spiro atoms. The molecule has 34 heavy (non-hydrogen) atoms. The molecule has 1 fully saturated rings. The summed E-state index contributed by atoms with van der Waals surface area (Å²) in [5.41, 5.74) is 4.38. The number of fused-ring (bicyclic) bond motifs is 1. The summed E-state index contributed by atoms with van der Waals surface area (Å²) in [7, 11) is -3.07. The Morgan fingerprint density at radius 1 is 1.06 bits per heavy atom. The summed E-state index contributed by atoms with van der Waals surface area (Å²) in [6, 6.07) is 18.3. The summed E-state index contributed by atoms with van der Waals surface area (Å²) in [4.78, 5) is 17.1. The summed E-state index contributed by atoms with van der Waals surface area (Å²) in [5.74, 6) is -0.196. The number of nitrogens with one attached hydrogen (secondary N) is 3. The van der Waals surface area contributed by atoms with Crippen LogP contribution in [0, 0.1) is 0 Å². The molecule has 0 radical (unpaired) electrons. The first kappa shape index (κ1) is 21.8. The maximum Gasteiger partial charge on any atom is 0.253 e. The minimum atomic E-state index is -3.07. The second kappa shape index (κ2) is 9.11. The molecule has 0 saturated carbocycles. The van der Waals surface area contributed by atoms with Crippen LogP contribution in [-0.4, -0.2) is 47.1 Å². The van der Waals surface area contributed by atoms with Crippen molar-refractivity contribution in [2.24, 2.45) is 0 Å². The number of nitrogens with zero attached hydrogens (tertiary/aromatic N) is 2. The predicted octanol–water partition coefficient (Wildman–Crippen LogP) is 3.79. The van der Waals surface area contributed by atoms with E-state index in [0.29, 0.717) is 17.7 Å². The first-order valence-electron chi connectivity index (χ1n) is 10.9. The van der Waals surface area contributed by atoms with Crippen LogP contribution in [0.2, 0.25) is 0 Å². The van der Waals surface area contributed by atoms with Gasteiger partial charge < -0.3 is 10.6 Å². The van der Waals surface area contributed by atoms with Crippen molar-refractivity contribution in [1.29, 1.82) is 0 Å². The lowest BCUT2D eigenvalue weighted by molar-refractivity contribution is 0.0942. The smallest absolute Gasteiger partial charge is 0.253 e. The van der Waals surface area contributed by atoms with E-state index in [4.69, 9.17) is 0 Å². The van der Waals surface area contributed by atoms with Gasteiger partial charge in [0.1, 0.15) is 0 Å². The number of aromatic amines is 1. The highest BCUT2D eigenvalue weighted by Crippen LogP contribution is 2.26. The number of H-pyrrole nitrogens is 1. The Balaban J connectivity index is 1.34. The van der Waals surface area contributed by atoms with Crippen molar-refractivity contribution in [3.05, 3.63) is 83.8 Å². The van der Waals surface area contributed by atoms with E-state index in [1.165, 1.54) is 0 Å². The van der Waals surface area contributed by atoms with Gasteiger partial charge >= 0.3 is 0 Å². The fourth-order valence-electron chi connectivity index (χ4n) is 4.00. The highest BCUT2D eigenvalue weighted by atomic mass is 32.2. The Morgan fingerprint density at radius 2 is 1.91 bits per heavy atom. The van der Waals surface area contributed by atoms with Crippen LogP contribution in [-0.2, 0) is 9.84 Å². The van der Waals surface area contributed by atoms with Crippen LogP contribution in [0.1, 0.15) is 28.2 Å². The van der Waals surface area contributed by atoms with Gasteiger partial charge in [-0.3, -0.25) is 14.9 Å². The summed E-state index contributed by atoms with van der Waals surface area (Å²) < 4.78 is 23.4. The van der Waals surface area contributed by atoms with Crippen molar-refractivity contribution in [2.75, 3.05) is 16.8 Å². The van der Waals surface area contributed by atoms with E-state index < -0.39 is 9.84 Å². The number of aromatic nitrogens is 3. The van der Waals surface area contributed by atoms with Gasteiger partial charge in [-0.15, -0.1) is 0 Å². The molecular weight excluding hydrogens is 450 g/mol. The van der Waals surface area contributed by atoms with Crippen LogP contribution in [0.15, 0.2) is 66.9 Å². The molecule has 4 aromatic rings. The van der Waals surface area contributed by atoms with E-state index in [-0.39, 0.29) is 23.5 Å². The van der Waals surface area contributed by atoms with Crippen molar-refractivity contribution in [3.63, 3.8) is 0 Å².